The van der Waals surface area contributed by atoms with Crippen molar-refractivity contribution in [3.05, 3.63) is 85.1 Å². The molecule has 0 fully saturated rings. The molecule has 4 rings (SSSR count). The molecule has 0 saturated heterocycles. The Labute approximate surface area is 181 Å². The van der Waals surface area contributed by atoms with Crippen LogP contribution in [0.4, 0.5) is 0 Å². The lowest BCUT2D eigenvalue weighted by Gasteiger charge is -2.07. The van der Waals surface area contributed by atoms with Crippen molar-refractivity contribution < 1.29 is 13.2 Å². The molecule has 0 spiro atoms. The molecular weight excluding hydrogens is 412 g/mol. The van der Waals surface area contributed by atoms with Gasteiger partial charge in [-0.3, -0.25) is 4.79 Å². The van der Waals surface area contributed by atoms with E-state index in [1.165, 1.54) is 3.97 Å². The number of carbonyl (C=O) groups excluding carboxylic acids is 1. The molecule has 0 aliphatic carbocycles. The van der Waals surface area contributed by atoms with Gasteiger partial charge in [-0.05, 0) is 36.6 Å². The van der Waals surface area contributed by atoms with Gasteiger partial charge in [0.05, 0.1) is 16.7 Å². The van der Waals surface area contributed by atoms with E-state index in [1.54, 1.807) is 55.1 Å². The van der Waals surface area contributed by atoms with Gasteiger partial charge in [-0.15, -0.1) is 0 Å². The van der Waals surface area contributed by atoms with Gasteiger partial charge in [-0.1, -0.05) is 36.4 Å². The molecule has 7 nitrogen and oxygen atoms in total. The maximum Gasteiger partial charge on any atom is 0.268 e. The molecule has 1 N–H and O–H groups in total. The lowest BCUT2D eigenvalue weighted by atomic mass is 10.1. The van der Waals surface area contributed by atoms with E-state index in [0.717, 1.165) is 23.9 Å². The standard InChI is InChI=1S/C23H24N4O3S/c28-23(25-13-6-15-26-16-14-24-18-26)12-11-19-17-27(22-10-5-4-9-21(19)22)31(29,30)20-7-2-1-3-8-20/h1-5,7-10,14,16-18H,6,11-13,15H2,(H,25,28). The van der Waals surface area contributed by atoms with Gasteiger partial charge in [0.2, 0.25) is 5.91 Å². The summed E-state index contributed by atoms with van der Waals surface area (Å²) in [5.41, 5.74) is 1.45. The minimum Gasteiger partial charge on any atom is -0.356 e. The second kappa shape index (κ2) is 9.18. The summed E-state index contributed by atoms with van der Waals surface area (Å²) in [5, 5.41) is 3.77. The van der Waals surface area contributed by atoms with Crippen molar-refractivity contribution in [2.45, 2.75) is 30.7 Å². The number of benzene rings is 2. The highest BCUT2D eigenvalue weighted by Gasteiger charge is 2.21. The summed E-state index contributed by atoms with van der Waals surface area (Å²) in [7, 11) is -3.71. The second-order valence-electron chi connectivity index (χ2n) is 7.29. The van der Waals surface area contributed by atoms with Crippen LogP contribution in [0.5, 0.6) is 0 Å². The summed E-state index contributed by atoms with van der Waals surface area (Å²) in [6.45, 7) is 1.38. The fraction of sp³-hybridized carbons (Fsp3) is 0.217. The Balaban J connectivity index is 1.44. The SMILES string of the molecule is O=C(CCc1cn(S(=O)(=O)c2ccccc2)c2ccccc12)NCCCn1ccnc1. The minimum absolute atomic E-state index is 0.0478. The van der Waals surface area contributed by atoms with Crippen LogP contribution < -0.4 is 5.32 Å². The zero-order chi connectivity index (χ0) is 21.7. The van der Waals surface area contributed by atoms with E-state index in [4.69, 9.17) is 0 Å². The molecule has 160 valence electrons. The van der Waals surface area contributed by atoms with Crippen LogP contribution in [0.1, 0.15) is 18.4 Å². The largest absolute Gasteiger partial charge is 0.356 e. The van der Waals surface area contributed by atoms with Crippen molar-refractivity contribution in [3.63, 3.8) is 0 Å². The van der Waals surface area contributed by atoms with Crippen LogP contribution >= 0.6 is 0 Å². The van der Waals surface area contributed by atoms with Crippen LogP contribution in [-0.2, 0) is 27.8 Å². The predicted molar refractivity (Wildman–Crippen MR) is 119 cm³/mol. The van der Waals surface area contributed by atoms with Gasteiger partial charge in [-0.25, -0.2) is 17.4 Å². The Morgan fingerprint density at radius 3 is 2.58 bits per heavy atom. The lowest BCUT2D eigenvalue weighted by molar-refractivity contribution is -0.121. The van der Waals surface area contributed by atoms with Crippen LogP contribution in [-0.4, -0.2) is 34.4 Å². The molecular formula is C23H24N4O3S. The van der Waals surface area contributed by atoms with Crippen molar-refractivity contribution >= 4 is 26.8 Å². The molecule has 31 heavy (non-hydrogen) atoms. The first kappa shape index (κ1) is 20.9. The maximum absolute atomic E-state index is 13.1. The molecule has 4 aromatic rings. The normalized spacial score (nSPS) is 11.6. The Morgan fingerprint density at radius 2 is 1.81 bits per heavy atom. The second-order valence-corrected chi connectivity index (χ2v) is 9.10. The Hall–Kier alpha value is -3.39. The van der Waals surface area contributed by atoms with Crippen molar-refractivity contribution in [3.8, 4) is 0 Å². The van der Waals surface area contributed by atoms with Crippen LogP contribution in [0, 0.1) is 0 Å². The minimum atomic E-state index is -3.71. The zero-order valence-electron chi connectivity index (χ0n) is 17.0. The van der Waals surface area contributed by atoms with Crippen molar-refractivity contribution in [2.24, 2.45) is 0 Å². The van der Waals surface area contributed by atoms with Gasteiger partial charge in [0.1, 0.15) is 0 Å². The lowest BCUT2D eigenvalue weighted by Crippen LogP contribution is -2.25. The number of imidazole rings is 1. The number of amides is 1. The van der Waals surface area contributed by atoms with Crippen LogP contribution in [0.3, 0.4) is 0 Å². The summed E-state index contributed by atoms with van der Waals surface area (Å²) in [5.74, 6) is -0.0478. The molecule has 0 radical (unpaired) electrons. The fourth-order valence-electron chi connectivity index (χ4n) is 3.57. The fourth-order valence-corrected chi connectivity index (χ4v) is 4.98. The summed E-state index contributed by atoms with van der Waals surface area (Å²) in [6.07, 6.45) is 8.58. The number of nitrogens with one attached hydrogen (secondary N) is 1. The van der Waals surface area contributed by atoms with E-state index in [0.29, 0.717) is 24.9 Å². The van der Waals surface area contributed by atoms with Gasteiger partial charge in [0.25, 0.3) is 10.0 Å². The van der Waals surface area contributed by atoms with Crippen molar-refractivity contribution in [1.82, 2.24) is 18.8 Å². The average Bonchev–Trinajstić information content (AvgIpc) is 3.44. The molecule has 2 aromatic heterocycles. The predicted octanol–water partition coefficient (Wildman–Crippen LogP) is 3.21. The van der Waals surface area contributed by atoms with Crippen LogP contribution in [0.2, 0.25) is 0 Å². The maximum atomic E-state index is 13.1. The molecule has 8 heteroatoms. The third kappa shape index (κ3) is 4.69. The van der Waals surface area contributed by atoms with E-state index in [2.05, 4.69) is 10.3 Å². The Morgan fingerprint density at radius 1 is 1.03 bits per heavy atom. The number of carbonyl (C=O) groups is 1. The van der Waals surface area contributed by atoms with Gasteiger partial charge < -0.3 is 9.88 Å². The topological polar surface area (TPSA) is 86.0 Å². The first-order chi connectivity index (χ1) is 15.1. The number of hydrogen-bond acceptors (Lipinski definition) is 4. The molecule has 2 heterocycles. The van der Waals surface area contributed by atoms with Gasteiger partial charge in [0.15, 0.2) is 0 Å². The van der Waals surface area contributed by atoms with Gasteiger partial charge in [0, 0.05) is 43.5 Å². The third-order valence-corrected chi connectivity index (χ3v) is 6.84. The number of aryl methyl sites for hydroxylation is 2. The highest BCUT2D eigenvalue weighted by molar-refractivity contribution is 7.90. The summed E-state index contributed by atoms with van der Waals surface area (Å²) in [6, 6.07) is 15.7. The monoisotopic (exact) mass is 436 g/mol. The van der Waals surface area contributed by atoms with E-state index in [9.17, 15) is 13.2 Å². The van der Waals surface area contributed by atoms with E-state index in [-0.39, 0.29) is 10.8 Å². The average molecular weight is 437 g/mol. The molecule has 0 bridgehead atoms. The molecule has 0 aliphatic rings. The van der Waals surface area contributed by atoms with E-state index in [1.807, 2.05) is 29.0 Å². The first-order valence-electron chi connectivity index (χ1n) is 10.2. The first-order valence-corrected chi connectivity index (χ1v) is 11.6. The number of aromatic nitrogens is 3. The molecule has 0 saturated carbocycles. The third-order valence-electron chi connectivity index (χ3n) is 5.16. The quantitative estimate of drug-likeness (QED) is 0.408. The van der Waals surface area contributed by atoms with Gasteiger partial charge in [-0.2, -0.15) is 0 Å². The van der Waals surface area contributed by atoms with Gasteiger partial charge >= 0.3 is 0 Å². The Bertz CT molecular complexity index is 1260. The smallest absolute Gasteiger partial charge is 0.268 e. The molecule has 2 aromatic carbocycles. The van der Waals surface area contributed by atoms with E-state index >= 15 is 0 Å². The summed E-state index contributed by atoms with van der Waals surface area (Å²) < 4.78 is 29.6. The highest BCUT2D eigenvalue weighted by atomic mass is 32.2. The zero-order valence-corrected chi connectivity index (χ0v) is 17.8. The molecule has 0 atom stereocenters. The molecule has 0 aliphatic heterocycles. The van der Waals surface area contributed by atoms with Crippen molar-refractivity contribution in [1.29, 1.82) is 0 Å². The summed E-state index contributed by atoms with van der Waals surface area (Å²) in [4.78, 5) is 16.5. The number of nitrogens with zero attached hydrogens (tertiary/aromatic N) is 3. The number of hydrogen-bond donors (Lipinski definition) is 1. The van der Waals surface area contributed by atoms with Crippen LogP contribution in [0.25, 0.3) is 10.9 Å². The Kier molecular flexibility index (Phi) is 6.18. The molecule has 1 amide bonds. The number of fused-ring (bicyclic) bond motifs is 1. The summed E-state index contributed by atoms with van der Waals surface area (Å²) >= 11 is 0. The molecule has 0 unspecified atom stereocenters. The van der Waals surface area contributed by atoms with Crippen LogP contribution in [0.15, 0.2) is 84.4 Å². The van der Waals surface area contributed by atoms with E-state index < -0.39 is 10.0 Å². The number of rotatable bonds is 9. The number of para-hydroxylation sites is 1. The highest BCUT2D eigenvalue weighted by Crippen LogP contribution is 2.26. The van der Waals surface area contributed by atoms with Crippen molar-refractivity contribution in [2.75, 3.05) is 6.54 Å².